The average Bonchev–Trinajstić information content (AvgIpc) is 3.38. The van der Waals surface area contributed by atoms with Crippen molar-refractivity contribution >= 4 is 27.3 Å². The summed E-state index contributed by atoms with van der Waals surface area (Å²) in [5, 5.41) is 4.64. The Bertz CT molecular complexity index is 803. The van der Waals surface area contributed by atoms with E-state index in [2.05, 4.69) is 5.32 Å². The van der Waals surface area contributed by atoms with Gasteiger partial charge in [0.25, 0.3) is 10.0 Å². The van der Waals surface area contributed by atoms with Crippen LogP contribution >= 0.6 is 11.3 Å². The van der Waals surface area contributed by atoms with Crippen LogP contribution in [0.2, 0.25) is 0 Å². The third-order valence-corrected chi connectivity index (χ3v) is 7.67. The first kappa shape index (κ1) is 20.1. The van der Waals surface area contributed by atoms with E-state index in [1.54, 1.807) is 23.8 Å². The van der Waals surface area contributed by atoms with Gasteiger partial charge in [-0.1, -0.05) is 6.07 Å². The summed E-state index contributed by atoms with van der Waals surface area (Å²) in [4.78, 5) is 12.4. The number of piperidine rings is 1. The minimum atomic E-state index is -3.50. The Kier molecular flexibility index (Phi) is 7.06. The molecule has 1 atom stereocenters. The molecule has 1 fully saturated rings. The van der Waals surface area contributed by atoms with Crippen LogP contribution in [0.25, 0.3) is 0 Å². The minimum absolute atomic E-state index is 0.0906. The number of nitrogens with one attached hydrogen (secondary N) is 1. The molecule has 148 valence electrons. The number of carbonyl (C=O) groups excluding carboxylic acids is 1. The first-order chi connectivity index (χ1) is 13.1. The first-order valence-electron chi connectivity index (χ1n) is 8.99. The maximum absolute atomic E-state index is 12.6. The number of rotatable bonds is 9. The fourth-order valence-electron chi connectivity index (χ4n) is 3.01. The third-order valence-electron chi connectivity index (χ3n) is 4.43. The standard InChI is InChI=1S/C18H24N2O5S2/c21-18(19-8-4-10-24-14-16-6-2-11-25-16)15-5-1-9-20(13-15)27(22,23)17-7-3-12-26-17/h2-3,6-7,11-12,15H,1,4-5,8-10,13-14H2,(H,19,21). The van der Waals surface area contributed by atoms with E-state index in [9.17, 15) is 13.2 Å². The van der Waals surface area contributed by atoms with Crippen LogP contribution in [-0.2, 0) is 26.2 Å². The number of sulfonamides is 1. The molecule has 3 rings (SSSR count). The van der Waals surface area contributed by atoms with Gasteiger partial charge in [-0.25, -0.2) is 8.42 Å². The Morgan fingerprint density at radius 1 is 1.37 bits per heavy atom. The van der Waals surface area contributed by atoms with Crippen molar-refractivity contribution in [3.8, 4) is 0 Å². The van der Waals surface area contributed by atoms with Gasteiger partial charge in [0.05, 0.1) is 12.2 Å². The van der Waals surface area contributed by atoms with Gasteiger partial charge in [-0.15, -0.1) is 11.3 Å². The van der Waals surface area contributed by atoms with E-state index in [4.69, 9.17) is 9.15 Å². The maximum Gasteiger partial charge on any atom is 0.252 e. The number of ether oxygens (including phenoxy) is 1. The maximum atomic E-state index is 12.6. The summed E-state index contributed by atoms with van der Waals surface area (Å²) in [6, 6.07) is 6.98. The zero-order valence-electron chi connectivity index (χ0n) is 15.0. The highest BCUT2D eigenvalue weighted by molar-refractivity contribution is 7.91. The van der Waals surface area contributed by atoms with Crippen LogP contribution in [0.1, 0.15) is 25.0 Å². The van der Waals surface area contributed by atoms with E-state index in [0.717, 1.165) is 5.76 Å². The van der Waals surface area contributed by atoms with Crippen molar-refractivity contribution in [2.45, 2.75) is 30.1 Å². The number of hydrogen-bond acceptors (Lipinski definition) is 6. The number of hydrogen-bond donors (Lipinski definition) is 1. The second-order valence-corrected chi connectivity index (χ2v) is 9.52. The molecule has 1 aliphatic heterocycles. The average molecular weight is 413 g/mol. The normalized spacial score (nSPS) is 18.4. The molecule has 1 amide bonds. The van der Waals surface area contributed by atoms with Gasteiger partial charge in [0.2, 0.25) is 5.91 Å². The second-order valence-electron chi connectivity index (χ2n) is 6.41. The summed E-state index contributed by atoms with van der Waals surface area (Å²) in [6.45, 7) is 2.14. The summed E-state index contributed by atoms with van der Waals surface area (Å²) in [7, 11) is -3.50. The molecule has 1 unspecified atom stereocenters. The van der Waals surface area contributed by atoms with Gasteiger partial charge >= 0.3 is 0 Å². The Balaban J connectivity index is 1.39. The quantitative estimate of drug-likeness (QED) is 0.639. The van der Waals surface area contributed by atoms with Crippen LogP contribution in [-0.4, -0.2) is 44.9 Å². The van der Waals surface area contributed by atoms with Gasteiger partial charge in [-0.05, 0) is 42.8 Å². The van der Waals surface area contributed by atoms with E-state index in [-0.39, 0.29) is 18.4 Å². The lowest BCUT2D eigenvalue weighted by molar-refractivity contribution is -0.126. The predicted molar refractivity (Wildman–Crippen MR) is 102 cm³/mol. The van der Waals surface area contributed by atoms with Crippen molar-refractivity contribution in [2.24, 2.45) is 5.92 Å². The van der Waals surface area contributed by atoms with Crippen LogP contribution in [0.15, 0.2) is 44.5 Å². The van der Waals surface area contributed by atoms with Crippen molar-refractivity contribution in [1.29, 1.82) is 0 Å². The highest BCUT2D eigenvalue weighted by Crippen LogP contribution is 2.26. The first-order valence-corrected chi connectivity index (χ1v) is 11.3. The highest BCUT2D eigenvalue weighted by atomic mass is 32.2. The molecule has 1 aliphatic rings. The van der Waals surface area contributed by atoms with E-state index < -0.39 is 10.0 Å². The lowest BCUT2D eigenvalue weighted by atomic mass is 9.99. The molecular formula is C18H24N2O5S2. The van der Waals surface area contributed by atoms with E-state index in [1.165, 1.54) is 15.6 Å². The van der Waals surface area contributed by atoms with Crippen molar-refractivity contribution in [3.05, 3.63) is 41.7 Å². The third kappa shape index (κ3) is 5.41. The molecule has 3 heterocycles. The summed E-state index contributed by atoms with van der Waals surface area (Å²) in [6.07, 6.45) is 3.69. The molecule has 7 nitrogen and oxygen atoms in total. The Hall–Kier alpha value is -1.68. The lowest BCUT2D eigenvalue weighted by Gasteiger charge is -2.30. The largest absolute Gasteiger partial charge is 0.467 e. The van der Waals surface area contributed by atoms with Crippen LogP contribution in [0, 0.1) is 5.92 Å². The molecule has 9 heteroatoms. The smallest absolute Gasteiger partial charge is 0.252 e. The molecule has 0 radical (unpaired) electrons. The van der Waals surface area contributed by atoms with Crippen molar-refractivity contribution < 1.29 is 22.4 Å². The van der Waals surface area contributed by atoms with Gasteiger partial charge in [0.1, 0.15) is 16.6 Å². The predicted octanol–water partition coefficient (Wildman–Crippen LogP) is 2.46. The van der Waals surface area contributed by atoms with Crippen LogP contribution in [0.5, 0.6) is 0 Å². The molecule has 27 heavy (non-hydrogen) atoms. The summed E-state index contributed by atoms with van der Waals surface area (Å²) in [5.74, 6) is 0.373. The fourth-order valence-corrected chi connectivity index (χ4v) is 5.68. The molecule has 0 aromatic carbocycles. The van der Waals surface area contributed by atoms with Gasteiger partial charge in [0, 0.05) is 26.2 Å². The molecule has 1 N–H and O–H groups in total. The van der Waals surface area contributed by atoms with E-state index in [0.29, 0.717) is 49.8 Å². The zero-order valence-corrected chi connectivity index (χ0v) is 16.6. The summed E-state index contributed by atoms with van der Waals surface area (Å²) >= 11 is 1.20. The number of thiophene rings is 1. The van der Waals surface area contributed by atoms with Crippen molar-refractivity contribution in [1.82, 2.24) is 9.62 Å². The van der Waals surface area contributed by atoms with Crippen molar-refractivity contribution in [2.75, 3.05) is 26.2 Å². The SMILES string of the molecule is O=C(NCCCOCc1ccco1)C1CCCN(S(=O)(=O)c2cccs2)C1. The minimum Gasteiger partial charge on any atom is -0.467 e. The van der Waals surface area contributed by atoms with E-state index in [1.807, 2.05) is 12.1 Å². The number of amides is 1. The molecule has 2 aromatic rings. The zero-order chi connectivity index (χ0) is 19.1. The number of furan rings is 1. The Morgan fingerprint density at radius 2 is 2.26 bits per heavy atom. The summed E-state index contributed by atoms with van der Waals surface area (Å²) in [5.41, 5.74) is 0. The van der Waals surface area contributed by atoms with Gasteiger partial charge in [-0.2, -0.15) is 4.31 Å². The second kappa shape index (κ2) is 9.50. The van der Waals surface area contributed by atoms with Gasteiger partial charge < -0.3 is 14.5 Å². The Labute approximate surface area is 163 Å². The Morgan fingerprint density at radius 3 is 3.00 bits per heavy atom. The molecule has 2 aromatic heterocycles. The molecule has 1 saturated heterocycles. The number of nitrogens with zero attached hydrogens (tertiary/aromatic N) is 1. The monoisotopic (exact) mass is 412 g/mol. The van der Waals surface area contributed by atoms with Gasteiger partial charge in [-0.3, -0.25) is 4.79 Å². The number of carbonyl (C=O) groups is 1. The topological polar surface area (TPSA) is 88.8 Å². The molecule has 0 saturated carbocycles. The van der Waals surface area contributed by atoms with Crippen LogP contribution in [0.4, 0.5) is 0 Å². The van der Waals surface area contributed by atoms with Crippen LogP contribution in [0.3, 0.4) is 0 Å². The molecule has 0 aliphatic carbocycles. The lowest BCUT2D eigenvalue weighted by Crippen LogP contribution is -2.45. The fraction of sp³-hybridized carbons (Fsp3) is 0.500. The molecule has 0 spiro atoms. The van der Waals surface area contributed by atoms with Crippen molar-refractivity contribution in [3.63, 3.8) is 0 Å². The van der Waals surface area contributed by atoms with E-state index >= 15 is 0 Å². The van der Waals surface area contributed by atoms with Crippen LogP contribution < -0.4 is 5.32 Å². The molecule has 0 bridgehead atoms. The highest BCUT2D eigenvalue weighted by Gasteiger charge is 2.33. The molecular weight excluding hydrogens is 388 g/mol. The summed E-state index contributed by atoms with van der Waals surface area (Å²) < 4.78 is 37.7. The van der Waals surface area contributed by atoms with Gasteiger partial charge in [0.15, 0.2) is 0 Å².